The van der Waals surface area contributed by atoms with Crippen molar-refractivity contribution in [1.29, 1.82) is 0 Å². The second kappa shape index (κ2) is 5.78. The normalized spacial score (nSPS) is 20.1. The van der Waals surface area contributed by atoms with Crippen LogP contribution in [0.25, 0.3) is 11.0 Å². The van der Waals surface area contributed by atoms with Crippen LogP contribution in [0.5, 0.6) is 5.75 Å². The Bertz CT molecular complexity index is 1310. The highest BCUT2D eigenvalue weighted by Crippen LogP contribution is 2.48. The van der Waals surface area contributed by atoms with Crippen LogP contribution in [-0.4, -0.2) is 27.6 Å². The van der Waals surface area contributed by atoms with E-state index >= 15 is 0 Å². The van der Waals surface area contributed by atoms with Gasteiger partial charge in [-0.25, -0.2) is 9.80 Å². The van der Waals surface area contributed by atoms with Crippen LogP contribution in [0.3, 0.4) is 0 Å². The predicted molar refractivity (Wildman–Crippen MR) is 105 cm³/mol. The van der Waals surface area contributed by atoms with Gasteiger partial charge in [-0.1, -0.05) is 18.2 Å². The van der Waals surface area contributed by atoms with Crippen molar-refractivity contribution < 1.29 is 19.1 Å². The van der Waals surface area contributed by atoms with Crippen LogP contribution in [0, 0.1) is 0 Å². The van der Waals surface area contributed by atoms with Gasteiger partial charge in [0.15, 0.2) is 5.54 Å². The quantitative estimate of drug-likeness (QED) is 0.490. The molecule has 2 N–H and O–H groups in total. The van der Waals surface area contributed by atoms with Crippen molar-refractivity contribution in [1.82, 2.24) is 5.01 Å². The second-order valence-corrected chi connectivity index (χ2v) is 7.08. The molecule has 144 valence electrons. The van der Waals surface area contributed by atoms with Gasteiger partial charge in [-0.3, -0.25) is 9.59 Å². The Labute approximate surface area is 164 Å². The molecule has 2 aliphatic heterocycles. The van der Waals surface area contributed by atoms with Crippen molar-refractivity contribution in [3.63, 3.8) is 0 Å². The van der Waals surface area contributed by atoms with Crippen molar-refractivity contribution in [2.24, 2.45) is 5.10 Å². The van der Waals surface area contributed by atoms with E-state index in [1.54, 1.807) is 30.3 Å². The summed E-state index contributed by atoms with van der Waals surface area (Å²) in [5, 5.41) is 18.8. The van der Waals surface area contributed by atoms with Crippen molar-refractivity contribution in [2.75, 3.05) is 5.32 Å². The van der Waals surface area contributed by atoms with E-state index in [1.165, 1.54) is 19.1 Å². The number of aromatic hydroxyl groups is 1. The molecule has 1 spiro atoms. The Morgan fingerprint density at radius 2 is 2.00 bits per heavy atom. The molecule has 3 heterocycles. The molecule has 2 amide bonds. The third-order valence-corrected chi connectivity index (χ3v) is 5.33. The van der Waals surface area contributed by atoms with Crippen LogP contribution >= 0.6 is 0 Å². The lowest BCUT2D eigenvalue weighted by Gasteiger charge is -2.29. The monoisotopic (exact) mass is 389 g/mol. The Morgan fingerprint density at radius 3 is 2.79 bits per heavy atom. The number of amides is 2. The Morgan fingerprint density at radius 1 is 1.21 bits per heavy atom. The number of carbonyl (C=O) groups is 2. The maximum atomic E-state index is 13.0. The zero-order chi connectivity index (χ0) is 20.3. The fourth-order valence-electron chi connectivity index (χ4n) is 4.03. The number of hydrogen-bond donors (Lipinski definition) is 2. The summed E-state index contributed by atoms with van der Waals surface area (Å²) < 4.78 is 5.39. The minimum Gasteiger partial charge on any atom is -0.508 e. The zero-order valence-corrected chi connectivity index (χ0v) is 15.3. The first kappa shape index (κ1) is 17.2. The van der Waals surface area contributed by atoms with Gasteiger partial charge < -0.3 is 14.8 Å². The minimum absolute atomic E-state index is 0.0159. The molecule has 1 unspecified atom stereocenters. The average Bonchev–Trinajstić information content (AvgIpc) is 3.22. The maximum absolute atomic E-state index is 13.0. The number of nitrogens with zero attached hydrogens (tertiary/aromatic N) is 2. The molecule has 0 saturated carbocycles. The molecule has 0 saturated heterocycles. The summed E-state index contributed by atoms with van der Waals surface area (Å²) in [6.45, 7) is 1.30. The molecule has 0 fully saturated rings. The number of nitrogens with one attached hydrogen (secondary N) is 1. The van der Waals surface area contributed by atoms with Crippen molar-refractivity contribution in [3.8, 4) is 5.75 Å². The lowest BCUT2D eigenvalue weighted by atomic mass is 9.85. The standard InChI is InChI=1S/C21H15N3O5/c1-11(25)24-21(15-9-13(26)6-7-16(15)22-20(21)28)10-17(23-24)14-8-12-4-2-3-5-18(12)29-19(14)27/h2-9,26H,10H2,1H3,(H,22,28). The number of rotatable bonds is 1. The number of para-hydroxylation sites is 1. The van der Waals surface area contributed by atoms with Gasteiger partial charge in [-0.05, 0) is 30.3 Å². The molecule has 29 heavy (non-hydrogen) atoms. The summed E-state index contributed by atoms with van der Waals surface area (Å²) in [6.07, 6.45) is -0.0159. The number of anilines is 1. The number of phenolic OH excluding ortho intramolecular Hbond substituents is 1. The van der Waals surface area contributed by atoms with E-state index in [0.717, 1.165) is 5.01 Å². The van der Waals surface area contributed by atoms with Crippen molar-refractivity contribution in [3.05, 3.63) is 70.1 Å². The summed E-state index contributed by atoms with van der Waals surface area (Å²) in [4.78, 5) is 38.0. The van der Waals surface area contributed by atoms with E-state index in [4.69, 9.17) is 4.42 Å². The summed E-state index contributed by atoms with van der Waals surface area (Å²) in [7, 11) is 0. The number of phenols is 1. The van der Waals surface area contributed by atoms with Crippen LogP contribution in [0.4, 0.5) is 5.69 Å². The highest BCUT2D eigenvalue weighted by molar-refractivity contribution is 6.15. The number of benzene rings is 2. The highest BCUT2D eigenvalue weighted by Gasteiger charge is 2.57. The first-order valence-corrected chi connectivity index (χ1v) is 8.96. The summed E-state index contributed by atoms with van der Waals surface area (Å²) in [5.41, 5.74) is -0.251. The van der Waals surface area contributed by atoms with Crippen LogP contribution in [0.2, 0.25) is 0 Å². The van der Waals surface area contributed by atoms with Gasteiger partial charge in [-0.15, -0.1) is 0 Å². The van der Waals surface area contributed by atoms with E-state index in [0.29, 0.717) is 22.2 Å². The van der Waals surface area contributed by atoms with Crippen LogP contribution in [-0.2, 0) is 15.1 Å². The molecular formula is C21H15N3O5. The molecule has 8 heteroatoms. The maximum Gasteiger partial charge on any atom is 0.345 e. The van der Waals surface area contributed by atoms with Crippen LogP contribution in [0.15, 0.2) is 62.8 Å². The summed E-state index contributed by atoms with van der Waals surface area (Å²) in [6, 6.07) is 13.2. The van der Waals surface area contributed by atoms with E-state index in [1.807, 2.05) is 6.07 Å². The van der Waals surface area contributed by atoms with Gasteiger partial charge in [0, 0.05) is 30.0 Å². The van der Waals surface area contributed by atoms with Gasteiger partial charge in [0.1, 0.15) is 11.3 Å². The molecule has 3 aromatic rings. The Kier molecular flexibility index (Phi) is 3.42. The highest BCUT2D eigenvalue weighted by atomic mass is 16.4. The predicted octanol–water partition coefficient (Wildman–Crippen LogP) is 2.30. The van der Waals surface area contributed by atoms with E-state index < -0.39 is 23.0 Å². The molecule has 1 atom stereocenters. The minimum atomic E-state index is -1.46. The van der Waals surface area contributed by atoms with Gasteiger partial charge >= 0.3 is 5.63 Å². The smallest absolute Gasteiger partial charge is 0.345 e. The van der Waals surface area contributed by atoms with Crippen LogP contribution < -0.4 is 10.9 Å². The molecular weight excluding hydrogens is 374 g/mol. The summed E-state index contributed by atoms with van der Waals surface area (Å²) >= 11 is 0. The average molecular weight is 389 g/mol. The molecule has 1 aromatic heterocycles. The van der Waals surface area contributed by atoms with Gasteiger partial charge in [-0.2, -0.15) is 5.10 Å². The molecule has 0 bridgehead atoms. The Hall–Kier alpha value is -3.94. The molecule has 0 aliphatic carbocycles. The lowest BCUT2D eigenvalue weighted by molar-refractivity contribution is -0.142. The first-order valence-electron chi connectivity index (χ1n) is 8.96. The van der Waals surface area contributed by atoms with Crippen molar-refractivity contribution >= 4 is 34.2 Å². The lowest BCUT2D eigenvalue weighted by Crippen LogP contribution is -2.47. The molecule has 8 nitrogen and oxygen atoms in total. The molecule has 5 rings (SSSR count). The topological polar surface area (TPSA) is 112 Å². The SMILES string of the molecule is CC(=O)N1N=C(c2cc3ccccc3oc2=O)CC12C(=O)Nc1ccc(O)cc12. The van der Waals surface area contributed by atoms with Crippen molar-refractivity contribution in [2.45, 2.75) is 18.9 Å². The first-order chi connectivity index (χ1) is 13.9. The summed E-state index contributed by atoms with van der Waals surface area (Å²) in [5.74, 6) is -0.949. The van der Waals surface area contributed by atoms with Gasteiger partial charge in [0.25, 0.3) is 5.91 Å². The van der Waals surface area contributed by atoms with E-state index in [2.05, 4.69) is 10.4 Å². The molecule has 2 aliphatic rings. The number of hydrogen-bond acceptors (Lipinski definition) is 6. The Balaban J connectivity index is 1.70. The fraction of sp³-hybridized carbons (Fsp3) is 0.143. The zero-order valence-electron chi connectivity index (χ0n) is 15.3. The number of fused-ring (bicyclic) bond motifs is 3. The molecule has 0 radical (unpaired) electrons. The molecule has 2 aromatic carbocycles. The van der Waals surface area contributed by atoms with Crippen LogP contribution in [0.1, 0.15) is 24.5 Å². The van der Waals surface area contributed by atoms with E-state index in [-0.39, 0.29) is 23.4 Å². The van der Waals surface area contributed by atoms with Gasteiger partial charge in [0.05, 0.1) is 11.3 Å². The third-order valence-electron chi connectivity index (χ3n) is 5.33. The van der Waals surface area contributed by atoms with Gasteiger partial charge in [0.2, 0.25) is 5.91 Å². The number of carbonyl (C=O) groups excluding carboxylic acids is 2. The largest absolute Gasteiger partial charge is 0.508 e. The fourth-order valence-corrected chi connectivity index (χ4v) is 4.03. The second-order valence-electron chi connectivity index (χ2n) is 7.08. The third kappa shape index (κ3) is 2.32. The van der Waals surface area contributed by atoms with E-state index in [9.17, 15) is 19.5 Å². The number of hydrazone groups is 1.